The van der Waals surface area contributed by atoms with Crippen LogP contribution in [0.5, 0.6) is 0 Å². The van der Waals surface area contributed by atoms with Crippen LogP contribution in [0.25, 0.3) is 10.8 Å². The second-order valence-corrected chi connectivity index (χ2v) is 6.91. The molecule has 1 aliphatic heterocycles. The van der Waals surface area contributed by atoms with Crippen LogP contribution in [0, 0.1) is 5.41 Å². The van der Waals surface area contributed by atoms with Gasteiger partial charge in [0.15, 0.2) is 0 Å². The Kier molecular flexibility index (Phi) is 3.33. The quantitative estimate of drug-likeness (QED) is 0.846. The average Bonchev–Trinajstić information content (AvgIpc) is 2.45. The third kappa shape index (κ3) is 2.41. The minimum atomic E-state index is -0.500. The first-order chi connectivity index (χ1) is 10.3. The van der Waals surface area contributed by atoms with Gasteiger partial charge in [0, 0.05) is 28.6 Å². The van der Waals surface area contributed by atoms with Gasteiger partial charge in [-0.05, 0) is 29.0 Å². The van der Waals surface area contributed by atoms with Crippen LogP contribution in [0.2, 0.25) is 0 Å². The fraction of sp³-hybridized carbons (Fsp3) is 0.412. The van der Waals surface area contributed by atoms with Gasteiger partial charge >= 0.3 is 0 Å². The maximum Gasteiger partial charge on any atom is 0.256 e. The van der Waals surface area contributed by atoms with E-state index in [1.54, 1.807) is 18.2 Å². The van der Waals surface area contributed by atoms with Gasteiger partial charge in [-0.25, -0.2) is 0 Å². The molecule has 3 N–H and O–H groups in total. The van der Waals surface area contributed by atoms with Crippen molar-refractivity contribution >= 4 is 16.7 Å². The monoisotopic (exact) mass is 300 g/mol. The maximum atomic E-state index is 12.3. The number of rotatable bonds is 1. The molecule has 1 atom stereocenters. The lowest BCUT2D eigenvalue weighted by Crippen LogP contribution is -2.36. The smallest absolute Gasteiger partial charge is 0.256 e. The highest BCUT2D eigenvalue weighted by Gasteiger charge is 2.31. The molecule has 5 heteroatoms. The third-order valence-electron chi connectivity index (χ3n) is 4.29. The lowest BCUT2D eigenvalue weighted by Gasteiger charge is -2.35. The summed E-state index contributed by atoms with van der Waals surface area (Å²) in [5.41, 5.74) is 7.44. The van der Waals surface area contributed by atoms with Gasteiger partial charge in [-0.2, -0.15) is 0 Å². The summed E-state index contributed by atoms with van der Waals surface area (Å²) >= 11 is 0. The molecule has 2 aromatic rings. The van der Waals surface area contributed by atoms with Gasteiger partial charge in [-0.3, -0.25) is 9.59 Å². The topological polar surface area (TPSA) is 85.2 Å². The number of carbonyl (C=O) groups is 1. The van der Waals surface area contributed by atoms with E-state index in [4.69, 9.17) is 10.5 Å². The van der Waals surface area contributed by atoms with Crippen molar-refractivity contribution in [3.8, 4) is 0 Å². The zero-order valence-corrected chi connectivity index (χ0v) is 13.0. The summed E-state index contributed by atoms with van der Waals surface area (Å²) < 4.78 is 5.98. The van der Waals surface area contributed by atoms with Crippen LogP contribution in [-0.2, 0) is 17.8 Å². The number of nitrogens with one attached hydrogen (secondary N) is 1. The van der Waals surface area contributed by atoms with Gasteiger partial charge in [0.25, 0.3) is 5.56 Å². The number of amides is 1. The van der Waals surface area contributed by atoms with Crippen LogP contribution in [0.1, 0.15) is 42.4 Å². The zero-order valence-electron chi connectivity index (χ0n) is 13.0. The molecule has 3 rings (SSSR count). The molecule has 5 nitrogen and oxygen atoms in total. The van der Waals surface area contributed by atoms with Crippen LogP contribution in [0.4, 0.5) is 0 Å². The molecule has 1 unspecified atom stereocenters. The normalized spacial score (nSPS) is 18.2. The van der Waals surface area contributed by atoms with Crippen molar-refractivity contribution in [1.82, 2.24) is 4.98 Å². The molecule has 116 valence electrons. The number of fused-ring (bicyclic) bond motifs is 3. The Hall–Kier alpha value is -2.14. The van der Waals surface area contributed by atoms with Crippen LogP contribution in [0.15, 0.2) is 23.0 Å². The second kappa shape index (κ2) is 4.95. The predicted octanol–water partition coefficient (Wildman–Crippen LogP) is 2.11. The number of pyridine rings is 1. The van der Waals surface area contributed by atoms with E-state index in [-0.39, 0.29) is 17.1 Å². The number of carbonyl (C=O) groups excluding carboxylic acids is 1. The van der Waals surface area contributed by atoms with Crippen molar-refractivity contribution in [2.75, 3.05) is 0 Å². The molecule has 0 radical (unpaired) electrons. The van der Waals surface area contributed by atoms with Crippen molar-refractivity contribution in [2.45, 2.75) is 39.9 Å². The molecule has 1 aromatic heterocycles. The van der Waals surface area contributed by atoms with Crippen molar-refractivity contribution in [3.63, 3.8) is 0 Å². The lowest BCUT2D eigenvalue weighted by molar-refractivity contribution is -0.0380. The predicted molar refractivity (Wildman–Crippen MR) is 84.8 cm³/mol. The standard InChI is InChI=1S/C17H20N2O3/c1-17(2,3)14-7-13-12(8-22-14)11-6-9(15(18)20)4-5-10(11)16(21)19-13/h4-6,14H,7-8H2,1-3H3,(H2,18,20)(H,19,21). The van der Waals surface area contributed by atoms with E-state index in [0.717, 1.165) is 16.6 Å². The molecule has 0 fully saturated rings. The molecule has 1 aliphatic rings. The van der Waals surface area contributed by atoms with Crippen LogP contribution in [0.3, 0.4) is 0 Å². The fourth-order valence-electron chi connectivity index (χ4n) is 2.91. The van der Waals surface area contributed by atoms with E-state index in [1.165, 1.54) is 0 Å². The van der Waals surface area contributed by atoms with Gasteiger partial charge in [-0.15, -0.1) is 0 Å². The summed E-state index contributed by atoms with van der Waals surface area (Å²) in [6.45, 7) is 6.78. The van der Waals surface area contributed by atoms with Crippen molar-refractivity contribution in [2.24, 2.45) is 11.1 Å². The number of aromatic amines is 1. The van der Waals surface area contributed by atoms with Crippen molar-refractivity contribution in [3.05, 3.63) is 45.4 Å². The van der Waals surface area contributed by atoms with E-state index in [9.17, 15) is 9.59 Å². The molecule has 0 saturated carbocycles. The van der Waals surface area contributed by atoms with Crippen LogP contribution in [-0.4, -0.2) is 17.0 Å². The average molecular weight is 300 g/mol. The first-order valence-corrected chi connectivity index (χ1v) is 7.36. The first-order valence-electron chi connectivity index (χ1n) is 7.36. The number of hydrogen-bond acceptors (Lipinski definition) is 3. The summed E-state index contributed by atoms with van der Waals surface area (Å²) in [5.74, 6) is -0.500. The Morgan fingerprint density at radius 1 is 1.32 bits per heavy atom. The lowest BCUT2D eigenvalue weighted by atomic mass is 9.83. The van der Waals surface area contributed by atoms with Gasteiger partial charge < -0.3 is 15.5 Å². The number of aromatic nitrogens is 1. The summed E-state index contributed by atoms with van der Waals surface area (Å²) in [6.07, 6.45) is 0.706. The third-order valence-corrected chi connectivity index (χ3v) is 4.29. The highest BCUT2D eigenvalue weighted by molar-refractivity contribution is 5.98. The summed E-state index contributed by atoms with van der Waals surface area (Å²) in [4.78, 5) is 26.6. The number of nitrogens with two attached hydrogens (primary N) is 1. The zero-order chi connectivity index (χ0) is 16.1. The molecule has 1 aromatic carbocycles. The Morgan fingerprint density at radius 3 is 2.68 bits per heavy atom. The number of hydrogen-bond donors (Lipinski definition) is 2. The second-order valence-electron chi connectivity index (χ2n) is 6.91. The Bertz CT molecular complexity index is 815. The van der Waals surface area contributed by atoms with Gasteiger partial charge in [0.1, 0.15) is 0 Å². The number of primary amides is 1. The largest absolute Gasteiger partial charge is 0.373 e. The van der Waals surface area contributed by atoms with E-state index in [1.807, 2.05) is 0 Å². The fourth-order valence-corrected chi connectivity index (χ4v) is 2.91. The molecule has 0 saturated heterocycles. The minimum absolute atomic E-state index is 0.00138. The SMILES string of the molecule is CC(C)(C)C1Cc2[nH]c(=O)c3ccc(C(N)=O)cc3c2CO1. The highest BCUT2D eigenvalue weighted by atomic mass is 16.5. The summed E-state index contributed by atoms with van der Waals surface area (Å²) in [7, 11) is 0. The van der Waals surface area contributed by atoms with E-state index in [0.29, 0.717) is 24.0 Å². The highest BCUT2D eigenvalue weighted by Crippen LogP contribution is 2.32. The Morgan fingerprint density at radius 2 is 2.05 bits per heavy atom. The Labute approximate surface area is 128 Å². The Balaban J connectivity index is 2.18. The maximum absolute atomic E-state index is 12.3. The first kappa shape index (κ1) is 14.8. The van der Waals surface area contributed by atoms with E-state index in [2.05, 4.69) is 25.8 Å². The minimum Gasteiger partial charge on any atom is -0.373 e. The van der Waals surface area contributed by atoms with Crippen molar-refractivity contribution < 1.29 is 9.53 Å². The van der Waals surface area contributed by atoms with Crippen LogP contribution < -0.4 is 11.3 Å². The summed E-state index contributed by atoms with van der Waals surface area (Å²) in [5, 5.41) is 1.31. The molecular weight excluding hydrogens is 280 g/mol. The molecule has 1 amide bonds. The number of ether oxygens (including phenoxy) is 1. The van der Waals surface area contributed by atoms with Crippen molar-refractivity contribution in [1.29, 1.82) is 0 Å². The van der Waals surface area contributed by atoms with E-state index >= 15 is 0 Å². The summed E-state index contributed by atoms with van der Waals surface area (Å²) in [6, 6.07) is 4.91. The molecule has 22 heavy (non-hydrogen) atoms. The molecule has 0 bridgehead atoms. The van der Waals surface area contributed by atoms with Gasteiger partial charge in [-0.1, -0.05) is 20.8 Å². The van der Waals surface area contributed by atoms with Gasteiger partial charge in [0.2, 0.25) is 5.91 Å². The molecule has 0 spiro atoms. The molecule has 0 aliphatic carbocycles. The van der Waals surface area contributed by atoms with E-state index < -0.39 is 5.91 Å². The van der Waals surface area contributed by atoms with Crippen LogP contribution >= 0.6 is 0 Å². The molecular formula is C17H20N2O3. The number of benzene rings is 1. The van der Waals surface area contributed by atoms with Gasteiger partial charge in [0.05, 0.1) is 12.7 Å². The number of H-pyrrole nitrogens is 1. The molecule has 2 heterocycles.